The molecule has 3 rings (SSSR count). The largest absolute Gasteiger partial charge is 0.322 e. The number of amides is 1. The zero-order valence-electron chi connectivity index (χ0n) is 14.3. The molecule has 5 heteroatoms. The van der Waals surface area contributed by atoms with E-state index in [2.05, 4.69) is 11.9 Å². The lowest BCUT2D eigenvalue weighted by molar-refractivity contribution is -0.680. The maximum absolute atomic E-state index is 12.6. The Morgan fingerprint density at radius 2 is 1.84 bits per heavy atom. The smallest absolute Gasteiger partial charge is 0.269 e. The molecule has 126 valence electrons. The zero-order valence-corrected chi connectivity index (χ0v) is 14.3. The summed E-state index contributed by atoms with van der Waals surface area (Å²) in [5.41, 5.74) is 3.23. The van der Waals surface area contributed by atoms with Crippen LogP contribution in [0.5, 0.6) is 0 Å². The standard InChI is InChI=1S/C20H19N3O2/c1-4-22-13-23(19-8-6-5-7-18(19)22)14(2)20(25)21-17-11-9-16(10-12-17)15(3)24/h4-14H,1H2,2-3H3/p+1/t14-/m1/s1. The van der Waals surface area contributed by atoms with E-state index in [-0.39, 0.29) is 11.7 Å². The lowest BCUT2D eigenvalue weighted by Gasteiger charge is -2.10. The molecule has 0 saturated carbocycles. The predicted octanol–water partition coefficient (Wildman–Crippen LogP) is 3.43. The van der Waals surface area contributed by atoms with Crippen LogP contribution in [0, 0.1) is 0 Å². The lowest BCUT2D eigenvalue weighted by Crippen LogP contribution is -2.43. The number of anilines is 1. The van der Waals surface area contributed by atoms with Crippen molar-refractivity contribution >= 4 is 34.6 Å². The molecule has 0 unspecified atom stereocenters. The van der Waals surface area contributed by atoms with Gasteiger partial charge in [0.25, 0.3) is 5.91 Å². The van der Waals surface area contributed by atoms with E-state index >= 15 is 0 Å². The highest BCUT2D eigenvalue weighted by Gasteiger charge is 2.24. The van der Waals surface area contributed by atoms with E-state index in [9.17, 15) is 9.59 Å². The quantitative estimate of drug-likeness (QED) is 0.574. The molecule has 0 spiro atoms. The van der Waals surface area contributed by atoms with Gasteiger partial charge in [-0.25, -0.2) is 9.13 Å². The average molecular weight is 334 g/mol. The maximum Gasteiger partial charge on any atom is 0.269 e. The number of ketones is 1. The Kier molecular flexibility index (Phi) is 4.48. The van der Waals surface area contributed by atoms with Gasteiger partial charge in [0, 0.05) is 11.3 Å². The van der Waals surface area contributed by atoms with E-state index in [0.29, 0.717) is 11.3 Å². The van der Waals surface area contributed by atoms with Crippen LogP contribution >= 0.6 is 0 Å². The molecular formula is C20H20N3O2+. The molecular weight excluding hydrogens is 314 g/mol. The van der Waals surface area contributed by atoms with Gasteiger partial charge in [0.15, 0.2) is 22.9 Å². The summed E-state index contributed by atoms with van der Waals surface area (Å²) in [5, 5.41) is 2.89. The van der Waals surface area contributed by atoms with Crippen molar-refractivity contribution in [1.29, 1.82) is 0 Å². The van der Waals surface area contributed by atoms with Gasteiger partial charge in [-0.05, 0) is 50.2 Å². The van der Waals surface area contributed by atoms with Crippen molar-refractivity contribution < 1.29 is 14.2 Å². The molecule has 1 amide bonds. The Morgan fingerprint density at radius 3 is 2.48 bits per heavy atom. The molecule has 3 aromatic rings. The molecule has 0 saturated heterocycles. The topological polar surface area (TPSA) is 55.0 Å². The van der Waals surface area contributed by atoms with E-state index < -0.39 is 6.04 Å². The molecule has 0 aliphatic carbocycles. The first-order valence-electron chi connectivity index (χ1n) is 8.06. The molecule has 0 aliphatic heterocycles. The number of imidazole rings is 1. The van der Waals surface area contributed by atoms with Crippen LogP contribution in [0.1, 0.15) is 30.2 Å². The normalized spacial score (nSPS) is 11.9. The van der Waals surface area contributed by atoms with Crippen LogP contribution in [0.4, 0.5) is 5.69 Å². The molecule has 5 nitrogen and oxygen atoms in total. The highest BCUT2D eigenvalue weighted by atomic mass is 16.2. The summed E-state index contributed by atoms with van der Waals surface area (Å²) >= 11 is 0. The van der Waals surface area contributed by atoms with E-state index in [0.717, 1.165) is 11.0 Å². The minimum Gasteiger partial charge on any atom is -0.322 e. The summed E-state index contributed by atoms with van der Waals surface area (Å²) in [7, 11) is 0. The van der Waals surface area contributed by atoms with E-state index in [1.807, 2.05) is 46.7 Å². The Bertz CT molecular complexity index is 955. The van der Waals surface area contributed by atoms with Crippen LogP contribution in [-0.2, 0) is 4.79 Å². The number of para-hydroxylation sites is 2. The van der Waals surface area contributed by atoms with E-state index in [1.54, 1.807) is 30.5 Å². The fourth-order valence-electron chi connectivity index (χ4n) is 2.77. The second-order valence-electron chi connectivity index (χ2n) is 5.90. The molecule has 1 aromatic heterocycles. The Balaban J connectivity index is 1.85. The number of fused-ring (bicyclic) bond motifs is 1. The number of hydrogen-bond donors (Lipinski definition) is 1. The van der Waals surface area contributed by atoms with Crippen LogP contribution in [0.25, 0.3) is 17.2 Å². The van der Waals surface area contributed by atoms with Crippen LogP contribution in [0.3, 0.4) is 0 Å². The molecule has 2 aromatic carbocycles. The fraction of sp³-hybridized carbons (Fsp3) is 0.150. The Morgan fingerprint density at radius 1 is 1.16 bits per heavy atom. The third-order valence-corrected chi connectivity index (χ3v) is 4.24. The molecule has 0 fully saturated rings. The first kappa shape index (κ1) is 16.6. The number of aromatic nitrogens is 2. The van der Waals surface area contributed by atoms with Gasteiger partial charge in [-0.2, -0.15) is 0 Å². The van der Waals surface area contributed by atoms with Gasteiger partial charge >= 0.3 is 0 Å². The van der Waals surface area contributed by atoms with Gasteiger partial charge in [0.1, 0.15) is 0 Å². The van der Waals surface area contributed by atoms with Crippen LogP contribution < -0.4 is 9.88 Å². The van der Waals surface area contributed by atoms with Crippen molar-refractivity contribution in [2.75, 3.05) is 5.32 Å². The van der Waals surface area contributed by atoms with Crippen molar-refractivity contribution in [2.45, 2.75) is 19.9 Å². The van der Waals surface area contributed by atoms with Gasteiger partial charge in [-0.1, -0.05) is 18.7 Å². The van der Waals surface area contributed by atoms with Gasteiger partial charge in [0.2, 0.25) is 6.33 Å². The highest BCUT2D eigenvalue weighted by molar-refractivity contribution is 5.96. The molecule has 0 bridgehead atoms. The van der Waals surface area contributed by atoms with Gasteiger partial charge in [-0.15, -0.1) is 0 Å². The molecule has 25 heavy (non-hydrogen) atoms. The van der Waals surface area contributed by atoms with Crippen molar-refractivity contribution in [3.8, 4) is 0 Å². The van der Waals surface area contributed by atoms with E-state index in [4.69, 9.17) is 0 Å². The SMILES string of the molecule is C=Cn1c[n+]([C@H](C)C(=O)Nc2ccc(C(C)=O)cc2)c2ccccc21. The number of nitrogens with zero attached hydrogens (tertiary/aromatic N) is 2. The first-order valence-corrected chi connectivity index (χ1v) is 8.06. The van der Waals surface area contributed by atoms with E-state index in [1.165, 1.54) is 6.92 Å². The number of carbonyl (C=O) groups excluding carboxylic acids is 2. The summed E-state index contributed by atoms with van der Waals surface area (Å²) < 4.78 is 3.80. The Hall–Kier alpha value is -3.21. The molecule has 0 aliphatic rings. The average Bonchev–Trinajstić information content (AvgIpc) is 3.00. The number of rotatable bonds is 5. The lowest BCUT2D eigenvalue weighted by atomic mass is 10.1. The predicted molar refractivity (Wildman–Crippen MR) is 98.3 cm³/mol. The van der Waals surface area contributed by atoms with Crippen LogP contribution in [0.2, 0.25) is 0 Å². The van der Waals surface area contributed by atoms with Crippen molar-refractivity contribution in [2.24, 2.45) is 0 Å². The fourth-order valence-corrected chi connectivity index (χ4v) is 2.77. The highest BCUT2D eigenvalue weighted by Crippen LogP contribution is 2.15. The van der Waals surface area contributed by atoms with Crippen LogP contribution in [0.15, 0.2) is 61.4 Å². The minimum absolute atomic E-state index is 0.000894. The van der Waals surface area contributed by atoms with Gasteiger partial charge in [-0.3, -0.25) is 9.59 Å². The second kappa shape index (κ2) is 6.73. The summed E-state index contributed by atoms with van der Waals surface area (Å²) in [4.78, 5) is 24.0. The minimum atomic E-state index is -0.404. The number of benzene rings is 2. The van der Waals surface area contributed by atoms with Gasteiger partial charge in [0.05, 0.1) is 6.20 Å². The molecule has 1 heterocycles. The zero-order chi connectivity index (χ0) is 18.0. The Labute approximate surface area is 146 Å². The monoisotopic (exact) mass is 334 g/mol. The summed E-state index contributed by atoms with van der Waals surface area (Å²) in [6.07, 6.45) is 3.57. The third kappa shape index (κ3) is 3.21. The summed E-state index contributed by atoms with van der Waals surface area (Å²) in [6, 6.07) is 14.3. The molecule has 0 radical (unpaired) electrons. The maximum atomic E-state index is 12.6. The summed E-state index contributed by atoms with van der Waals surface area (Å²) in [6.45, 7) is 7.17. The molecule has 1 N–H and O–H groups in total. The molecule has 1 atom stereocenters. The van der Waals surface area contributed by atoms with Crippen LogP contribution in [-0.4, -0.2) is 16.3 Å². The first-order chi connectivity index (χ1) is 12.0. The second-order valence-corrected chi connectivity index (χ2v) is 5.90. The van der Waals surface area contributed by atoms with Gasteiger partial charge < -0.3 is 5.32 Å². The van der Waals surface area contributed by atoms with Crippen molar-refractivity contribution in [1.82, 2.24) is 4.57 Å². The van der Waals surface area contributed by atoms with Crippen molar-refractivity contribution in [3.05, 3.63) is 67.0 Å². The number of nitrogens with one attached hydrogen (secondary N) is 1. The summed E-state index contributed by atoms with van der Waals surface area (Å²) in [5.74, 6) is -0.133. The number of carbonyl (C=O) groups is 2. The van der Waals surface area contributed by atoms with Crippen molar-refractivity contribution in [3.63, 3.8) is 0 Å². The number of Topliss-reactive ketones (excluding diaryl/α,β-unsaturated/α-hetero) is 1. The third-order valence-electron chi connectivity index (χ3n) is 4.24. The number of hydrogen-bond acceptors (Lipinski definition) is 2.